The van der Waals surface area contributed by atoms with Crippen LogP contribution in [0.1, 0.15) is 10.4 Å². The van der Waals surface area contributed by atoms with Crippen molar-refractivity contribution in [3.8, 4) is 5.75 Å². The third kappa shape index (κ3) is 4.39. The molecule has 2 aliphatic heterocycles. The minimum atomic E-state index is 0.168. The predicted molar refractivity (Wildman–Crippen MR) is 116 cm³/mol. The molecule has 0 bridgehead atoms. The van der Waals surface area contributed by atoms with Gasteiger partial charge < -0.3 is 14.5 Å². The molecule has 0 aliphatic carbocycles. The maximum absolute atomic E-state index is 12.6. The number of amidine groups is 1. The molecular formula is C20H22N4O2S2. The number of rotatable bonds is 4. The van der Waals surface area contributed by atoms with Gasteiger partial charge in [0.2, 0.25) is 5.91 Å². The standard InChI is InChI=1S/C20H22N4O2S2/c1-26-16-6-4-15(5-7-16)13-19(25)23-8-10-24(11-9-23)20-22-21-17(14-28-20)18-3-2-12-27-18/h2-7,12H,8-11,13-14H2,1H3. The van der Waals surface area contributed by atoms with Crippen LogP contribution in [0.4, 0.5) is 0 Å². The van der Waals surface area contributed by atoms with E-state index in [1.807, 2.05) is 35.2 Å². The minimum Gasteiger partial charge on any atom is -0.497 e. The highest BCUT2D eigenvalue weighted by Gasteiger charge is 2.25. The molecule has 1 aromatic carbocycles. The molecule has 1 amide bonds. The second-order valence-corrected chi connectivity index (χ2v) is 8.48. The van der Waals surface area contributed by atoms with Crippen molar-refractivity contribution in [2.45, 2.75) is 6.42 Å². The van der Waals surface area contributed by atoms with Gasteiger partial charge in [-0.3, -0.25) is 4.79 Å². The lowest BCUT2D eigenvalue weighted by Crippen LogP contribution is -2.50. The molecule has 0 spiro atoms. The van der Waals surface area contributed by atoms with Gasteiger partial charge in [-0.15, -0.1) is 16.4 Å². The largest absolute Gasteiger partial charge is 0.497 e. The molecule has 146 valence electrons. The molecule has 6 nitrogen and oxygen atoms in total. The fourth-order valence-electron chi connectivity index (χ4n) is 3.19. The normalized spacial score (nSPS) is 17.2. The highest BCUT2D eigenvalue weighted by Crippen LogP contribution is 2.22. The SMILES string of the molecule is COc1ccc(CC(=O)N2CCN(C3=NN=C(c4cccs4)CS3)CC2)cc1. The number of ether oxygens (including phenoxy) is 1. The van der Waals surface area contributed by atoms with Crippen molar-refractivity contribution in [3.05, 3.63) is 52.2 Å². The van der Waals surface area contributed by atoms with Crippen molar-refractivity contribution in [1.29, 1.82) is 0 Å². The first-order valence-corrected chi connectivity index (χ1v) is 11.1. The number of thioether (sulfide) groups is 1. The first-order chi connectivity index (χ1) is 13.7. The summed E-state index contributed by atoms with van der Waals surface area (Å²) in [6.07, 6.45) is 0.425. The van der Waals surface area contributed by atoms with Crippen molar-refractivity contribution >= 4 is 39.9 Å². The summed E-state index contributed by atoms with van der Waals surface area (Å²) >= 11 is 3.42. The van der Waals surface area contributed by atoms with Gasteiger partial charge in [-0.05, 0) is 29.1 Å². The second-order valence-electron chi connectivity index (χ2n) is 6.59. The highest BCUT2D eigenvalue weighted by molar-refractivity contribution is 8.14. The van der Waals surface area contributed by atoms with E-state index in [1.54, 1.807) is 30.2 Å². The van der Waals surface area contributed by atoms with E-state index in [0.717, 1.165) is 54.1 Å². The van der Waals surface area contributed by atoms with Gasteiger partial charge in [0, 0.05) is 31.9 Å². The summed E-state index contributed by atoms with van der Waals surface area (Å²) in [5.41, 5.74) is 2.05. The number of benzene rings is 1. The van der Waals surface area contributed by atoms with E-state index < -0.39 is 0 Å². The Morgan fingerprint density at radius 3 is 2.50 bits per heavy atom. The van der Waals surface area contributed by atoms with Crippen LogP contribution in [0.3, 0.4) is 0 Å². The first kappa shape index (κ1) is 19.0. The topological polar surface area (TPSA) is 57.5 Å². The molecule has 8 heteroatoms. The number of methoxy groups -OCH3 is 1. The average Bonchev–Trinajstić information content (AvgIpc) is 3.29. The van der Waals surface area contributed by atoms with E-state index in [9.17, 15) is 4.79 Å². The zero-order chi connectivity index (χ0) is 19.3. The Labute approximate surface area is 172 Å². The van der Waals surface area contributed by atoms with Gasteiger partial charge in [0.25, 0.3) is 0 Å². The zero-order valence-electron chi connectivity index (χ0n) is 15.7. The Balaban J connectivity index is 1.30. The van der Waals surface area contributed by atoms with E-state index in [0.29, 0.717) is 6.42 Å². The number of hydrogen-bond donors (Lipinski definition) is 0. The number of amides is 1. The smallest absolute Gasteiger partial charge is 0.227 e. The fourth-order valence-corrected chi connectivity index (χ4v) is 4.93. The van der Waals surface area contributed by atoms with Gasteiger partial charge in [0.05, 0.1) is 24.1 Å². The van der Waals surface area contributed by atoms with Crippen LogP contribution < -0.4 is 4.74 Å². The van der Waals surface area contributed by atoms with Crippen molar-refractivity contribution in [2.75, 3.05) is 39.0 Å². The van der Waals surface area contributed by atoms with Gasteiger partial charge in [-0.2, -0.15) is 5.10 Å². The zero-order valence-corrected chi connectivity index (χ0v) is 17.3. The summed E-state index contributed by atoms with van der Waals surface area (Å²) in [5, 5.41) is 11.9. The predicted octanol–water partition coefficient (Wildman–Crippen LogP) is 2.95. The van der Waals surface area contributed by atoms with Crippen molar-refractivity contribution in [2.24, 2.45) is 10.2 Å². The van der Waals surface area contributed by atoms with E-state index >= 15 is 0 Å². The summed E-state index contributed by atoms with van der Waals surface area (Å²) in [7, 11) is 1.64. The van der Waals surface area contributed by atoms with Crippen LogP contribution in [0.5, 0.6) is 5.75 Å². The maximum atomic E-state index is 12.6. The number of carbonyl (C=O) groups excluding carboxylic acids is 1. The van der Waals surface area contributed by atoms with Crippen molar-refractivity contribution < 1.29 is 9.53 Å². The third-order valence-corrected chi connectivity index (χ3v) is 6.75. The van der Waals surface area contributed by atoms with Crippen LogP contribution >= 0.6 is 23.1 Å². The van der Waals surface area contributed by atoms with Crippen molar-refractivity contribution in [3.63, 3.8) is 0 Å². The summed E-state index contributed by atoms with van der Waals surface area (Å²) in [6, 6.07) is 11.8. The molecule has 1 fully saturated rings. The van der Waals surface area contributed by atoms with Crippen LogP contribution in [0.25, 0.3) is 0 Å². The molecule has 0 saturated carbocycles. The third-order valence-electron chi connectivity index (χ3n) is 4.82. The summed E-state index contributed by atoms with van der Waals surface area (Å²) < 4.78 is 5.16. The molecule has 0 radical (unpaired) electrons. The van der Waals surface area contributed by atoms with E-state index in [1.165, 1.54) is 4.88 Å². The molecule has 1 saturated heterocycles. The molecule has 0 N–H and O–H groups in total. The van der Waals surface area contributed by atoms with Gasteiger partial charge in [0.1, 0.15) is 5.75 Å². The summed E-state index contributed by atoms with van der Waals surface area (Å²) in [4.78, 5) is 18.0. The Hall–Kier alpha value is -2.32. The van der Waals surface area contributed by atoms with Crippen LogP contribution in [0.15, 0.2) is 52.0 Å². The van der Waals surface area contributed by atoms with E-state index in [2.05, 4.69) is 26.5 Å². The second kappa shape index (κ2) is 8.79. The van der Waals surface area contributed by atoms with Gasteiger partial charge in [-0.1, -0.05) is 30.0 Å². The first-order valence-electron chi connectivity index (χ1n) is 9.20. The van der Waals surface area contributed by atoms with Crippen LogP contribution in [0.2, 0.25) is 0 Å². The average molecular weight is 415 g/mol. The Morgan fingerprint density at radius 1 is 1.11 bits per heavy atom. The van der Waals surface area contributed by atoms with Crippen LogP contribution in [-0.4, -0.2) is 65.6 Å². The fraction of sp³-hybridized carbons (Fsp3) is 0.350. The molecular weight excluding hydrogens is 392 g/mol. The number of hydrogen-bond acceptors (Lipinski definition) is 7. The van der Waals surface area contributed by atoms with Gasteiger partial charge >= 0.3 is 0 Å². The molecule has 3 heterocycles. The summed E-state index contributed by atoms with van der Waals surface area (Å²) in [6.45, 7) is 3.03. The molecule has 2 aliphatic rings. The van der Waals surface area contributed by atoms with Crippen LogP contribution in [-0.2, 0) is 11.2 Å². The Kier molecular flexibility index (Phi) is 5.97. The lowest BCUT2D eigenvalue weighted by molar-refractivity contribution is -0.131. The van der Waals surface area contributed by atoms with E-state index in [-0.39, 0.29) is 5.91 Å². The van der Waals surface area contributed by atoms with Crippen molar-refractivity contribution in [1.82, 2.24) is 9.80 Å². The maximum Gasteiger partial charge on any atom is 0.227 e. The molecule has 0 unspecified atom stereocenters. The minimum absolute atomic E-state index is 0.168. The molecule has 2 aromatic rings. The molecule has 1 aromatic heterocycles. The molecule has 0 atom stereocenters. The number of nitrogens with zero attached hydrogens (tertiary/aromatic N) is 4. The lowest BCUT2D eigenvalue weighted by atomic mass is 10.1. The lowest BCUT2D eigenvalue weighted by Gasteiger charge is -2.36. The number of piperazine rings is 1. The number of carbonyl (C=O) groups is 1. The monoisotopic (exact) mass is 414 g/mol. The highest BCUT2D eigenvalue weighted by atomic mass is 32.2. The quantitative estimate of drug-likeness (QED) is 0.772. The van der Waals surface area contributed by atoms with Gasteiger partial charge in [0.15, 0.2) is 5.17 Å². The van der Waals surface area contributed by atoms with Crippen LogP contribution in [0, 0.1) is 0 Å². The Bertz CT molecular complexity index is 870. The summed E-state index contributed by atoms with van der Waals surface area (Å²) in [5.74, 6) is 1.82. The Morgan fingerprint density at radius 2 is 1.89 bits per heavy atom. The van der Waals surface area contributed by atoms with Gasteiger partial charge in [-0.25, -0.2) is 0 Å². The molecule has 4 rings (SSSR count). The van der Waals surface area contributed by atoms with E-state index in [4.69, 9.17) is 4.74 Å². The molecule has 28 heavy (non-hydrogen) atoms. The number of thiophene rings is 1.